The molecule has 0 aliphatic rings. The van der Waals surface area contributed by atoms with Gasteiger partial charge in [-0.25, -0.2) is 4.39 Å². The maximum Gasteiger partial charge on any atom is 0.253 e. The van der Waals surface area contributed by atoms with Crippen LogP contribution in [0.5, 0.6) is 0 Å². The fraction of sp³-hybridized carbons (Fsp3) is 0.500. The highest BCUT2D eigenvalue weighted by molar-refractivity contribution is 5.99. The van der Waals surface area contributed by atoms with Crippen molar-refractivity contribution in [3.05, 3.63) is 29.6 Å². The number of hydrogen-bond donors (Lipinski definition) is 2. The van der Waals surface area contributed by atoms with Gasteiger partial charge in [0, 0.05) is 6.54 Å². The van der Waals surface area contributed by atoms with Crippen molar-refractivity contribution < 1.29 is 9.18 Å². The van der Waals surface area contributed by atoms with Crippen molar-refractivity contribution in [3.8, 4) is 0 Å². The van der Waals surface area contributed by atoms with Crippen LogP contribution >= 0.6 is 0 Å². The summed E-state index contributed by atoms with van der Waals surface area (Å²) in [6.07, 6.45) is 0. The first kappa shape index (κ1) is 14.5. The van der Waals surface area contributed by atoms with Crippen molar-refractivity contribution in [3.63, 3.8) is 0 Å². The highest BCUT2D eigenvalue weighted by Gasteiger charge is 2.21. The van der Waals surface area contributed by atoms with Crippen LogP contribution in [0.4, 0.5) is 10.1 Å². The van der Waals surface area contributed by atoms with Gasteiger partial charge in [0.15, 0.2) is 0 Å². The summed E-state index contributed by atoms with van der Waals surface area (Å²) in [6, 6.07) is 4.24. The standard InChI is InChI=1S/C14H21FN2O/c1-9(14(2,3)4)8-17-13(18)10-6-5-7-11(15)12(10)16/h5-7,9H,8,16H2,1-4H3,(H,17,18). The van der Waals surface area contributed by atoms with Crippen molar-refractivity contribution in [2.45, 2.75) is 27.7 Å². The first-order valence-electron chi connectivity index (χ1n) is 6.05. The second-order valence-electron chi connectivity index (χ2n) is 5.68. The molecule has 0 aliphatic carbocycles. The molecule has 1 aromatic carbocycles. The van der Waals surface area contributed by atoms with E-state index < -0.39 is 5.82 Å². The number of benzene rings is 1. The van der Waals surface area contributed by atoms with E-state index in [1.165, 1.54) is 18.2 Å². The molecule has 0 aliphatic heterocycles. The van der Waals surface area contributed by atoms with Crippen LogP contribution in [0, 0.1) is 17.2 Å². The molecule has 1 amide bonds. The van der Waals surface area contributed by atoms with Crippen molar-refractivity contribution in [2.75, 3.05) is 12.3 Å². The van der Waals surface area contributed by atoms with Crippen molar-refractivity contribution in [1.29, 1.82) is 0 Å². The summed E-state index contributed by atoms with van der Waals surface area (Å²) in [5, 5.41) is 2.79. The average molecular weight is 252 g/mol. The summed E-state index contributed by atoms with van der Waals surface area (Å²) in [5.41, 5.74) is 5.74. The lowest BCUT2D eigenvalue weighted by Gasteiger charge is -2.27. The van der Waals surface area contributed by atoms with Crippen LogP contribution in [-0.2, 0) is 0 Å². The SMILES string of the molecule is CC(CNC(=O)c1cccc(F)c1N)C(C)(C)C. The molecule has 0 bridgehead atoms. The van der Waals surface area contributed by atoms with E-state index in [4.69, 9.17) is 5.73 Å². The van der Waals surface area contributed by atoms with E-state index in [1.54, 1.807) is 0 Å². The summed E-state index contributed by atoms with van der Waals surface area (Å²) in [4.78, 5) is 11.9. The number of nitrogens with one attached hydrogen (secondary N) is 1. The van der Waals surface area contributed by atoms with E-state index >= 15 is 0 Å². The lowest BCUT2D eigenvalue weighted by atomic mass is 9.82. The normalized spacial score (nSPS) is 13.2. The Hall–Kier alpha value is -1.58. The summed E-state index contributed by atoms with van der Waals surface area (Å²) >= 11 is 0. The summed E-state index contributed by atoms with van der Waals surface area (Å²) in [5.74, 6) is -0.578. The summed E-state index contributed by atoms with van der Waals surface area (Å²) in [6.45, 7) is 8.94. The van der Waals surface area contributed by atoms with E-state index in [-0.39, 0.29) is 22.6 Å². The van der Waals surface area contributed by atoms with Gasteiger partial charge < -0.3 is 11.1 Å². The number of nitrogens with two attached hydrogens (primary N) is 1. The zero-order chi connectivity index (χ0) is 13.9. The van der Waals surface area contributed by atoms with Crippen LogP contribution in [-0.4, -0.2) is 12.5 Å². The third-order valence-electron chi connectivity index (χ3n) is 3.34. The summed E-state index contributed by atoms with van der Waals surface area (Å²) < 4.78 is 13.2. The van der Waals surface area contributed by atoms with Gasteiger partial charge in [0.1, 0.15) is 5.82 Å². The fourth-order valence-corrected chi connectivity index (χ4v) is 1.38. The van der Waals surface area contributed by atoms with E-state index in [0.29, 0.717) is 12.5 Å². The smallest absolute Gasteiger partial charge is 0.253 e. The molecule has 0 radical (unpaired) electrons. The molecule has 18 heavy (non-hydrogen) atoms. The van der Waals surface area contributed by atoms with Gasteiger partial charge in [-0.05, 0) is 23.5 Å². The number of rotatable bonds is 3. The zero-order valence-electron chi connectivity index (χ0n) is 11.4. The minimum Gasteiger partial charge on any atom is -0.396 e. The molecule has 0 saturated carbocycles. The molecular weight excluding hydrogens is 231 g/mol. The van der Waals surface area contributed by atoms with Gasteiger partial charge in [0.25, 0.3) is 5.91 Å². The zero-order valence-corrected chi connectivity index (χ0v) is 11.4. The molecule has 0 fully saturated rings. The van der Waals surface area contributed by atoms with Crippen LogP contribution in [0.3, 0.4) is 0 Å². The topological polar surface area (TPSA) is 55.1 Å². The van der Waals surface area contributed by atoms with Crippen molar-refractivity contribution >= 4 is 11.6 Å². The Bertz CT molecular complexity index is 438. The third kappa shape index (κ3) is 3.45. The van der Waals surface area contributed by atoms with Crippen LogP contribution in [0.1, 0.15) is 38.1 Å². The predicted octanol–water partition coefficient (Wildman–Crippen LogP) is 2.82. The van der Waals surface area contributed by atoms with E-state index in [1.807, 2.05) is 0 Å². The van der Waals surface area contributed by atoms with Crippen LogP contribution in [0.2, 0.25) is 0 Å². The molecular formula is C14H21FN2O. The Morgan fingerprint density at radius 2 is 2.06 bits per heavy atom. The van der Waals surface area contributed by atoms with Crippen molar-refractivity contribution in [2.24, 2.45) is 11.3 Å². The van der Waals surface area contributed by atoms with E-state index in [2.05, 4.69) is 33.0 Å². The maximum atomic E-state index is 13.2. The number of carbonyl (C=O) groups is 1. The molecule has 4 heteroatoms. The first-order valence-corrected chi connectivity index (χ1v) is 6.05. The lowest BCUT2D eigenvalue weighted by Crippen LogP contribution is -2.34. The Balaban J connectivity index is 2.70. The van der Waals surface area contributed by atoms with Gasteiger partial charge in [-0.3, -0.25) is 4.79 Å². The fourth-order valence-electron chi connectivity index (χ4n) is 1.38. The van der Waals surface area contributed by atoms with Gasteiger partial charge in [0.05, 0.1) is 11.3 Å². The van der Waals surface area contributed by atoms with Gasteiger partial charge in [-0.15, -0.1) is 0 Å². The number of carbonyl (C=O) groups excluding carboxylic acids is 1. The molecule has 1 rings (SSSR count). The molecule has 0 heterocycles. The van der Waals surface area contributed by atoms with Crippen LogP contribution in [0.15, 0.2) is 18.2 Å². The lowest BCUT2D eigenvalue weighted by molar-refractivity contribution is 0.0937. The number of anilines is 1. The minimum absolute atomic E-state index is 0.0987. The molecule has 1 atom stereocenters. The monoisotopic (exact) mass is 252 g/mol. The second kappa shape index (κ2) is 5.38. The van der Waals surface area contributed by atoms with Gasteiger partial charge in [0.2, 0.25) is 0 Å². The van der Waals surface area contributed by atoms with Crippen molar-refractivity contribution in [1.82, 2.24) is 5.32 Å². The number of nitrogen functional groups attached to an aromatic ring is 1. The van der Waals surface area contributed by atoms with Crippen LogP contribution < -0.4 is 11.1 Å². The largest absolute Gasteiger partial charge is 0.396 e. The number of amides is 1. The number of halogens is 1. The third-order valence-corrected chi connectivity index (χ3v) is 3.34. The van der Waals surface area contributed by atoms with Crippen LogP contribution in [0.25, 0.3) is 0 Å². The Kier molecular flexibility index (Phi) is 4.33. The Morgan fingerprint density at radius 3 is 2.61 bits per heavy atom. The van der Waals surface area contributed by atoms with Gasteiger partial charge in [-0.1, -0.05) is 33.8 Å². The first-order chi connectivity index (χ1) is 8.23. The van der Waals surface area contributed by atoms with Gasteiger partial charge >= 0.3 is 0 Å². The molecule has 0 saturated heterocycles. The molecule has 0 spiro atoms. The molecule has 0 aromatic heterocycles. The Morgan fingerprint density at radius 1 is 1.44 bits per heavy atom. The highest BCUT2D eigenvalue weighted by atomic mass is 19.1. The molecule has 1 aromatic rings. The summed E-state index contributed by atoms with van der Waals surface area (Å²) in [7, 11) is 0. The van der Waals surface area contributed by atoms with E-state index in [0.717, 1.165) is 0 Å². The molecule has 3 N–H and O–H groups in total. The predicted molar refractivity (Wildman–Crippen MR) is 71.8 cm³/mol. The molecule has 1 unspecified atom stereocenters. The Labute approximate surface area is 108 Å². The molecule has 3 nitrogen and oxygen atoms in total. The quantitative estimate of drug-likeness (QED) is 0.813. The second-order valence-corrected chi connectivity index (χ2v) is 5.68. The van der Waals surface area contributed by atoms with Gasteiger partial charge in [-0.2, -0.15) is 0 Å². The number of para-hydroxylation sites is 1. The van der Waals surface area contributed by atoms with E-state index in [9.17, 15) is 9.18 Å². The minimum atomic E-state index is -0.563. The number of hydrogen-bond acceptors (Lipinski definition) is 2. The molecule has 100 valence electrons. The maximum absolute atomic E-state index is 13.2. The average Bonchev–Trinajstić information content (AvgIpc) is 2.27. The highest BCUT2D eigenvalue weighted by Crippen LogP contribution is 2.24.